The minimum atomic E-state index is -1.92. The van der Waals surface area contributed by atoms with E-state index in [0.29, 0.717) is 78.8 Å². The van der Waals surface area contributed by atoms with Gasteiger partial charge in [0.2, 0.25) is 0 Å². The standard InChI is InChI=1S/C72H80N4O/c1-48(2)33-49-31-32-73-67(40-49)76-63-26-16-15-23-61(63)62-30-29-58(42-66(62)76)77-57-22-19-21-56(41-57)74-47-75(65-28-18-17-27-64(65)74)68-59(54-36-50(43-69(3,4)5)34-51(37-54)44-70(6,7)8)24-20-25-60(68)55-38-52(45-71(9,10)11)35-53(39-55)46-72(12,13)14/h15-32,34-42,48H,33,43-46H2,1-14H3/i33D2,43D2,44D2,45D2,46D2. The molecule has 0 saturated heterocycles. The zero-order valence-corrected chi connectivity index (χ0v) is 47.4. The van der Waals surface area contributed by atoms with Gasteiger partial charge in [-0.2, -0.15) is 0 Å². The predicted molar refractivity (Wildman–Crippen MR) is 324 cm³/mol. The number of ether oxygens (including phenoxy) is 1. The summed E-state index contributed by atoms with van der Waals surface area (Å²) in [5, 5.41) is 2.00. The van der Waals surface area contributed by atoms with Gasteiger partial charge in [-0.1, -0.05) is 200 Å². The van der Waals surface area contributed by atoms with Crippen molar-refractivity contribution in [2.45, 2.75) is 129 Å². The van der Waals surface area contributed by atoms with E-state index in [2.05, 4.69) is 17.0 Å². The van der Waals surface area contributed by atoms with E-state index in [4.69, 9.17) is 12.5 Å². The number of nitrogens with zero attached hydrogens (tertiary/aromatic N) is 4. The van der Waals surface area contributed by atoms with Crippen molar-refractivity contribution in [2.75, 3.05) is 0 Å². The Hall–Kier alpha value is -7.24. The zero-order chi connectivity index (χ0) is 63.6. The quantitative estimate of drug-likeness (QED) is 0.0852. The summed E-state index contributed by atoms with van der Waals surface area (Å²) in [5.41, 5.74) is 5.12. The molecule has 10 aromatic rings. The second-order valence-corrected chi connectivity index (χ2v) is 24.9. The lowest BCUT2D eigenvalue weighted by Gasteiger charge is -2.24. The van der Waals surface area contributed by atoms with Gasteiger partial charge in [-0.25, -0.2) is 4.98 Å². The first-order valence-electron chi connectivity index (χ1n) is 32.0. The highest BCUT2D eigenvalue weighted by Crippen LogP contribution is 2.40. The van der Waals surface area contributed by atoms with Gasteiger partial charge in [-0.05, 0) is 158 Å². The van der Waals surface area contributed by atoms with Crippen molar-refractivity contribution in [2.24, 2.45) is 27.6 Å². The van der Waals surface area contributed by atoms with Crippen LogP contribution in [0.3, 0.4) is 0 Å². The fraction of sp³-hybridized carbons (Fsp3) is 0.333. The molecule has 3 heterocycles. The third-order valence-corrected chi connectivity index (χ3v) is 12.8. The third kappa shape index (κ3) is 12.3. The van der Waals surface area contributed by atoms with Crippen LogP contribution in [-0.4, -0.2) is 14.1 Å². The van der Waals surface area contributed by atoms with Crippen LogP contribution >= 0.6 is 0 Å². The molecule has 0 unspecified atom stereocenters. The molecule has 0 atom stereocenters. The van der Waals surface area contributed by atoms with Crippen molar-refractivity contribution >= 4 is 32.8 Å². The number of hydrogen-bond donors (Lipinski definition) is 0. The smallest absolute Gasteiger partial charge is 0.269 e. The van der Waals surface area contributed by atoms with Gasteiger partial charge in [0.25, 0.3) is 6.33 Å². The van der Waals surface area contributed by atoms with E-state index in [1.807, 2.05) is 240 Å². The first kappa shape index (κ1) is 41.9. The first-order chi connectivity index (χ1) is 40.3. The summed E-state index contributed by atoms with van der Waals surface area (Å²) in [6.07, 6.45) is -3.88. The number of rotatable bonds is 13. The van der Waals surface area contributed by atoms with E-state index >= 15 is 0 Å². The minimum absolute atomic E-state index is 0.263. The number of para-hydroxylation sites is 4. The number of fused-ring (bicyclic) bond motifs is 4. The van der Waals surface area contributed by atoms with Gasteiger partial charge in [0, 0.05) is 36.7 Å². The predicted octanol–water partition coefficient (Wildman–Crippen LogP) is 18.9. The molecule has 0 spiro atoms. The van der Waals surface area contributed by atoms with E-state index in [9.17, 15) is 11.0 Å². The van der Waals surface area contributed by atoms with Gasteiger partial charge in [-0.15, -0.1) is 0 Å². The first-order valence-corrected chi connectivity index (χ1v) is 27.0. The molecular weight excluding hydrogens is 937 g/mol. The molecule has 0 amide bonds. The monoisotopic (exact) mass is 1030 g/mol. The Morgan fingerprint density at radius 3 is 1.60 bits per heavy atom. The van der Waals surface area contributed by atoms with Crippen LogP contribution in [0.5, 0.6) is 11.5 Å². The summed E-state index contributed by atoms with van der Waals surface area (Å²) in [7, 11) is 0. The van der Waals surface area contributed by atoms with Crippen LogP contribution in [0.4, 0.5) is 0 Å². The van der Waals surface area contributed by atoms with Crippen LogP contribution in [0, 0.1) is 33.9 Å². The van der Waals surface area contributed by atoms with E-state index in [1.54, 1.807) is 24.4 Å². The summed E-state index contributed by atoms with van der Waals surface area (Å²) >= 11 is 0. The van der Waals surface area contributed by atoms with Crippen molar-refractivity contribution < 1.29 is 23.0 Å². The number of hydrogen-bond acceptors (Lipinski definition) is 2. The molecule has 0 saturated carbocycles. The van der Waals surface area contributed by atoms with Crippen LogP contribution in [-0.2, 0) is 31.9 Å². The van der Waals surface area contributed by atoms with Crippen molar-refractivity contribution in [1.82, 2.24) is 14.1 Å². The van der Waals surface area contributed by atoms with Gasteiger partial charge < -0.3 is 4.74 Å². The largest absolute Gasteiger partial charge is 0.458 e. The average Bonchev–Trinajstić information content (AvgIpc) is 1.76. The van der Waals surface area contributed by atoms with Crippen molar-refractivity contribution in [3.63, 3.8) is 0 Å². The lowest BCUT2D eigenvalue weighted by atomic mass is 9.82. The molecule has 10 rings (SSSR count). The van der Waals surface area contributed by atoms with E-state index in [-0.39, 0.29) is 5.92 Å². The molecule has 0 aliphatic carbocycles. The Morgan fingerprint density at radius 2 is 1.03 bits per heavy atom. The molecule has 5 heteroatoms. The Kier molecular flexibility index (Phi) is 11.2. The van der Waals surface area contributed by atoms with E-state index in [0.717, 1.165) is 32.8 Å². The molecule has 3 aromatic heterocycles. The molecule has 5 nitrogen and oxygen atoms in total. The third-order valence-electron chi connectivity index (χ3n) is 12.8. The summed E-state index contributed by atoms with van der Waals surface area (Å²) < 4.78 is 108. The van der Waals surface area contributed by atoms with Gasteiger partial charge in [-0.3, -0.25) is 13.7 Å². The van der Waals surface area contributed by atoms with Gasteiger partial charge in [0.05, 0.1) is 33.4 Å². The maximum Gasteiger partial charge on any atom is 0.269 e. The lowest BCUT2D eigenvalue weighted by Crippen LogP contribution is -2.31. The fourth-order valence-corrected chi connectivity index (χ4v) is 10.3. The Balaban J connectivity index is 1.21. The van der Waals surface area contributed by atoms with Crippen molar-refractivity contribution in [3.05, 3.63) is 198 Å². The van der Waals surface area contributed by atoms with Crippen LogP contribution in [0.2, 0.25) is 0 Å². The Labute approximate surface area is 473 Å². The highest BCUT2D eigenvalue weighted by molar-refractivity contribution is 6.09. The van der Waals surface area contributed by atoms with Gasteiger partial charge in [0.15, 0.2) is 0 Å². The van der Waals surface area contributed by atoms with Crippen LogP contribution in [0.1, 0.15) is 138 Å². The van der Waals surface area contributed by atoms with Gasteiger partial charge in [0.1, 0.15) is 17.3 Å². The van der Waals surface area contributed by atoms with Crippen LogP contribution < -0.4 is 9.30 Å². The van der Waals surface area contributed by atoms with E-state index < -0.39 is 53.5 Å². The number of imidazole rings is 1. The molecule has 0 N–H and O–H groups in total. The van der Waals surface area contributed by atoms with Crippen LogP contribution in [0.15, 0.2) is 164 Å². The summed E-state index contributed by atoms with van der Waals surface area (Å²) in [4.78, 5) is 4.78. The highest BCUT2D eigenvalue weighted by Gasteiger charge is 2.25. The molecule has 0 bridgehead atoms. The number of pyridine rings is 1. The second-order valence-electron chi connectivity index (χ2n) is 24.9. The molecule has 7 aromatic carbocycles. The lowest BCUT2D eigenvalue weighted by molar-refractivity contribution is -0.571. The number of benzene rings is 7. The minimum Gasteiger partial charge on any atom is -0.458 e. The molecular formula is C72H80N4O. The van der Waals surface area contributed by atoms with Crippen molar-refractivity contribution in [1.29, 1.82) is 0 Å². The highest BCUT2D eigenvalue weighted by atomic mass is 16.5. The topological polar surface area (TPSA) is 35.9 Å². The Bertz CT molecular complexity index is 4070. The second kappa shape index (κ2) is 20.6. The molecule has 394 valence electrons. The maximum absolute atomic E-state index is 9.66. The fourth-order valence-electron chi connectivity index (χ4n) is 10.3. The summed E-state index contributed by atoms with van der Waals surface area (Å²) in [5.74, 6) is 1.43. The molecule has 0 aliphatic rings. The summed E-state index contributed by atoms with van der Waals surface area (Å²) in [6.45, 7) is 25.9. The molecule has 77 heavy (non-hydrogen) atoms. The number of aromatic nitrogens is 4. The van der Waals surface area contributed by atoms with E-state index in [1.165, 1.54) is 0 Å². The van der Waals surface area contributed by atoms with Crippen molar-refractivity contribution in [3.8, 4) is 50.9 Å². The summed E-state index contributed by atoms with van der Waals surface area (Å²) in [6, 6.07) is 49.7. The Morgan fingerprint density at radius 1 is 0.506 bits per heavy atom. The molecule has 0 aliphatic heterocycles. The van der Waals surface area contributed by atoms with Gasteiger partial charge >= 0.3 is 0 Å². The molecule has 0 radical (unpaired) electrons. The SMILES string of the molecule is [2H]C([2H])(c1ccnc(-n2c3ccccc3c3ccc(Oc4cccc(-n5[c-][n+](-c6c(-c7cc(C([2H])([2H])C(C)(C)C)cc(C([2H])([2H])C(C)(C)C)c7)cccc6-c6cc(C([2H])([2H])C(C)(C)C)cc(C([2H])([2H])C(C)(C)C)c6)c6ccccc65)c4)cc32)c1)C(C)C. The zero-order valence-electron chi connectivity index (χ0n) is 57.4. The maximum atomic E-state index is 9.66. The van der Waals surface area contributed by atoms with Crippen LogP contribution in [0.25, 0.3) is 72.3 Å². The molecule has 0 fully saturated rings. The average molecular weight is 1030 g/mol. The normalized spacial score (nSPS) is 15.5.